The highest BCUT2D eigenvalue weighted by atomic mass is 19.4. The summed E-state index contributed by atoms with van der Waals surface area (Å²) in [6.45, 7) is 5.99. The smallest absolute Gasteiger partial charge is 0.368 e. The molecular formula is C18H18F3N5O. The van der Waals surface area contributed by atoms with Crippen molar-refractivity contribution in [3.63, 3.8) is 0 Å². The lowest BCUT2D eigenvalue weighted by atomic mass is 10.2. The van der Waals surface area contributed by atoms with Gasteiger partial charge in [-0.3, -0.25) is 4.79 Å². The maximum absolute atomic E-state index is 12.8. The Kier molecular flexibility index (Phi) is 5.29. The van der Waals surface area contributed by atoms with E-state index in [4.69, 9.17) is 0 Å². The SMILES string of the molecule is C=CC(=O)N1CCN(c2cccc(Nc3cc(C(F)(F)F)ncn3)c2)CC1. The fraction of sp³-hybridized carbons (Fsp3) is 0.278. The van der Waals surface area contributed by atoms with Crippen LogP contribution >= 0.6 is 0 Å². The van der Waals surface area contributed by atoms with Crippen LogP contribution in [0.2, 0.25) is 0 Å². The van der Waals surface area contributed by atoms with Crippen LogP contribution in [0.15, 0.2) is 49.3 Å². The highest BCUT2D eigenvalue weighted by molar-refractivity contribution is 5.87. The van der Waals surface area contributed by atoms with Gasteiger partial charge in [0.1, 0.15) is 17.8 Å². The number of hydrogen-bond acceptors (Lipinski definition) is 5. The molecule has 3 rings (SSSR count). The van der Waals surface area contributed by atoms with Gasteiger partial charge in [-0.05, 0) is 24.3 Å². The molecule has 1 amide bonds. The lowest BCUT2D eigenvalue weighted by Gasteiger charge is -2.35. The monoisotopic (exact) mass is 377 g/mol. The number of alkyl halides is 3. The number of hydrogen-bond donors (Lipinski definition) is 1. The number of carbonyl (C=O) groups is 1. The van der Waals surface area contributed by atoms with E-state index < -0.39 is 11.9 Å². The molecule has 0 radical (unpaired) electrons. The quantitative estimate of drug-likeness (QED) is 0.830. The first-order valence-corrected chi connectivity index (χ1v) is 8.29. The number of piperazine rings is 1. The third kappa shape index (κ3) is 4.55. The summed E-state index contributed by atoms with van der Waals surface area (Å²) in [6, 6.07) is 8.17. The van der Waals surface area contributed by atoms with Gasteiger partial charge in [-0.25, -0.2) is 9.97 Å². The maximum Gasteiger partial charge on any atom is 0.433 e. The molecule has 9 heteroatoms. The molecule has 1 fully saturated rings. The van der Waals surface area contributed by atoms with Gasteiger partial charge in [0.25, 0.3) is 0 Å². The molecule has 142 valence electrons. The van der Waals surface area contributed by atoms with Gasteiger partial charge >= 0.3 is 6.18 Å². The summed E-state index contributed by atoms with van der Waals surface area (Å²) in [6.07, 6.45) is -2.34. The van der Waals surface area contributed by atoms with E-state index in [1.807, 2.05) is 18.2 Å². The average molecular weight is 377 g/mol. The van der Waals surface area contributed by atoms with Crippen LogP contribution in [0, 0.1) is 0 Å². The third-order valence-corrected chi connectivity index (χ3v) is 4.21. The van der Waals surface area contributed by atoms with Crippen molar-refractivity contribution >= 4 is 23.1 Å². The standard InChI is InChI=1S/C18H18F3N5O/c1-2-17(27)26-8-6-25(7-9-26)14-5-3-4-13(10-14)24-16-11-15(18(19,20)21)22-12-23-16/h2-5,10-12H,1,6-9H2,(H,22,23,24). The molecule has 0 atom stereocenters. The van der Waals surface area contributed by atoms with Crippen molar-refractivity contribution in [1.29, 1.82) is 0 Å². The zero-order valence-electron chi connectivity index (χ0n) is 14.4. The number of amides is 1. The van der Waals surface area contributed by atoms with Crippen LogP contribution in [0.3, 0.4) is 0 Å². The molecule has 1 aliphatic heterocycles. The largest absolute Gasteiger partial charge is 0.433 e. The minimum atomic E-state index is -4.52. The molecule has 0 spiro atoms. The van der Waals surface area contributed by atoms with E-state index in [1.54, 1.807) is 11.0 Å². The molecular weight excluding hydrogens is 359 g/mol. The summed E-state index contributed by atoms with van der Waals surface area (Å²) in [4.78, 5) is 22.6. The predicted molar refractivity (Wildman–Crippen MR) is 95.7 cm³/mol. The molecule has 27 heavy (non-hydrogen) atoms. The van der Waals surface area contributed by atoms with Crippen LogP contribution in [0.5, 0.6) is 0 Å². The zero-order valence-corrected chi connectivity index (χ0v) is 14.4. The Morgan fingerprint density at radius 2 is 1.89 bits per heavy atom. The van der Waals surface area contributed by atoms with Crippen LogP contribution in [-0.2, 0) is 11.0 Å². The summed E-state index contributed by atoms with van der Waals surface area (Å²) in [5.74, 6) is -0.0230. The molecule has 1 aliphatic rings. The number of aromatic nitrogens is 2. The Balaban J connectivity index is 1.70. The first-order chi connectivity index (χ1) is 12.9. The molecule has 1 saturated heterocycles. The molecule has 1 aromatic carbocycles. The van der Waals surface area contributed by atoms with Gasteiger partial charge in [0.05, 0.1) is 0 Å². The number of nitrogens with one attached hydrogen (secondary N) is 1. The van der Waals surface area contributed by atoms with E-state index in [2.05, 4.69) is 26.8 Å². The highest BCUT2D eigenvalue weighted by Gasteiger charge is 2.32. The van der Waals surface area contributed by atoms with Crippen molar-refractivity contribution in [2.24, 2.45) is 0 Å². The van der Waals surface area contributed by atoms with E-state index in [0.717, 1.165) is 18.1 Å². The molecule has 0 bridgehead atoms. The Morgan fingerprint density at radius 1 is 1.15 bits per heavy atom. The van der Waals surface area contributed by atoms with E-state index in [9.17, 15) is 18.0 Å². The molecule has 2 aromatic rings. The van der Waals surface area contributed by atoms with Crippen molar-refractivity contribution in [2.75, 3.05) is 36.4 Å². The van der Waals surface area contributed by atoms with Gasteiger partial charge in [0.2, 0.25) is 5.91 Å². The molecule has 2 heterocycles. The van der Waals surface area contributed by atoms with Crippen LogP contribution in [0.1, 0.15) is 5.69 Å². The zero-order chi connectivity index (χ0) is 19.4. The van der Waals surface area contributed by atoms with Crippen molar-refractivity contribution < 1.29 is 18.0 Å². The molecule has 1 aromatic heterocycles. The van der Waals surface area contributed by atoms with Crippen molar-refractivity contribution in [1.82, 2.24) is 14.9 Å². The number of nitrogens with zero attached hydrogens (tertiary/aromatic N) is 4. The minimum Gasteiger partial charge on any atom is -0.368 e. The Labute approximate surface area is 154 Å². The summed E-state index contributed by atoms with van der Waals surface area (Å²) < 4.78 is 38.3. The molecule has 6 nitrogen and oxygen atoms in total. The summed E-state index contributed by atoms with van der Waals surface area (Å²) in [5.41, 5.74) is 0.527. The van der Waals surface area contributed by atoms with Crippen LogP contribution in [0.4, 0.5) is 30.4 Å². The maximum atomic E-state index is 12.8. The summed E-state index contributed by atoms with van der Waals surface area (Å²) in [7, 11) is 0. The topological polar surface area (TPSA) is 61.4 Å². The molecule has 1 N–H and O–H groups in total. The van der Waals surface area contributed by atoms with Gasteiger partial charge < -0.3 is 15.1 Å². The number of rotatable bonds is 4. The fourth-order valence-corrected chi connectivity index (χ4v) is 2.82. The van der Waals surface area contributed by atoms with Gasteiger partial charge in [0, 0.05) is 43.6 Å². The number of benzene rings is 1. The minimum absolute atomic E-state index is 0.0656. The fourth-order valence-electron chi connectivity index (χ4n) is 2.82. The number of halogens is 3. The van der Waals surface area contributed by atoms with Crippen molar-refractivity contribution in [3.8, 4) is 0 Å². The van der Waals surface area contributed by atoms with Gasteiger partial charge in [0.15, 0.2) is 0 Å². The predicted octanol–water partition coefficient (Wildman–Crippen LogP) is 3.07. The Morgan fingerprint density at radius 3 is 2.56 bits per heavy atom. The normalized spacial score (nSPS) is 14.8. The first-order valence-electron chi connectivity index (χ1n) is 8.29. The molecule has 0 saturated carbocycles. The Bertz CT molecular complexity index is 832. The number of carbonyl (C=O) groups excluding carboxylic acids is 1. The lowest BCUT2D eigenvalue weighted by molar-refractivity contribution is -0.141. The number of anilines is 3. The third-order valence-electron chi connectivity index (χ3n) is 4.21. The van der Waals surface area contributed by atoms with Gasteiger partial charge in [-0.1, -0.05) is 12.6 Å². The second-order valence-electron chi connectivity index (χ2n) is 5.98. The Hall–Kier alpha value is -3.10. The van der Waals surface area contributed by atoms with Crippen LogP contribution in [0.25, 0.3) is 0 Å². The van der Waals surface area contributed by atoms with Crippen LogP contribution in [-0.4, -0.2) is 47.0 Å². The summed E-state index contributed by atoms with van der Waals surface area (Å²) >= 11 is 0. The van der Waals surface area contributed by atoms with E-state index in [1.165, 1.54) is 6.08 Å². The second-order valence-corrected chi connectivity index (χ2v) is 5.98. The van der Waals surface area contributed by atoms with E-state index in [-0.39, 0.29) is 11.7 Å². The second kappa shape index (κ2) is 7.65. The lowest BCUT2D eigenvalue weighted by Crippen LogP contribution is -2.48. The highest BCUT2D eigenvalue weighted by Crippen LogP contribution is 2.29. The average Bonchev–Trinajstić information content (AvgIpc) is 2.67. The van der Waals surface area contributed by atoms with E-state index >= 15 is 0 Å². The van der Waals surface area contributed by atoms with Crippen molar-refractivity contribution in [2.45, 2.75) is 6.18 Å². The van der Waals surface area contributed by atoms with Crippen molar-refractivity contribution in [3.05, 3.63) is 55.0 Å². The van der Waals surface area contributed by atoms with Gasteiger partial charge in [-0.15, -0.1) is 0 Å². The van der Waals surface area contributed by atoms with Crippen LogP contribution < -0.4 is 10.2 Å². The van der Waals surface area contributed by atoms with E-state index in [0.29, 0.717) is 31.9 Å². The van der Waals surface area contributed by atoms with Gasteiger partial charge in [-0.2, -0.15) is 13.2 Å². The molecule has 0 aliphatic carbocycles. The first kappa shape index (κ1) is 18.7. The summed E-state index contributed by atoms with van der Waals surface area (Å²) in [5, 5.41) is 2.88. The molecule has 0 unspecified atom stereocenters.